The molecule has 0 aromatic heterocycles. The van der Waals surface area contributed by atoms with Gasteiger partial charge in [-0.1, -0.05) is 17.7 Å². The first-order valence-electron chi connectivity index (χ1n) is 8.26. The number of benzene rings is 2. The third-order valence-corrected chi connectivity index (χ3v) is 5.51. The van der Waals surface area contributed by atoms with Gasteiger partial charge in [0.05, 0.1) is 22.1 Å². The topological polar surface area (TPSA) is 114 Å². The third kappa shape index (κ3) is 5.37. The molecule has 0 spiro atoms. The quantitative estimate of drug-likeness (QED) is 0.637. The molecular formula is C18H20ClN3O5S. The van der Waals surface area contributed by atoms with E-state index in [4.69, 9.17) is 11.6 Å². The monoisotopic (exact) mass is 425 g/mol. The lowest BCUT2D eigenvalue weighted by atomic mass is 10.1. The smallest absolute Gasteiger partial charge is 0.426 e. The molecule has 0 fully saturated rings. The summed E-state index contributed by atoms with van der Waals surface area (Å²) in [5, 5.41) is 0.0216. The molecule has 0 atom stereocenters. The molecule has 0 saturated carbocycles. The van der Waals surface area contributed by atoms with Gasteiger partial charge in [0.1, 0.15) is 0 Å². The van der Waals surface area contributed by atoms with Crippen molar-refractivity contribution >= 4 is 39.3 Å². The van der Waals surface area contributed by atoms with Gasteiger partial charge in [0.25, 0.3) is 15.9 Å². The van der Waals surface area contributed by atoms with Gasteiger partial charge in [-0.15, -0.1) is 0 Å². The van der Waals surface area contributed by atoms with Crippen LogP contribution in [0, 0.1) is 13.8 Å². The fourth-order valence-electron chi connectivity index (χ4n) is 2.21. The highest BCUT2D eigenvalue weighted by Gasteiger charge is 2.19. The highest BCUT2D eigenvalue weighted by atomic mass is 35.5. The van der Waals surface area contributed by atoms with Crippen LogP contribution >= 0.6 is 11.6 Å². The van der Waals surface area contributed by atoms with E-state index >= 15 is 0 Å². The Morgan fingerprint density at radius 3 is 2.39 bits per heavy atom. The number of ether oxygens (including phenoxy) is 1. The van der Waals surface area contributed by atoms with Crippen LogP contribution in [0.2, 0.25) is 5.02 Å². The van der Waals surface area contributed by atoms with Crippen molar-refractivity contribution in [2.45, 2.75) is 25.7 Å². The molecule has 0 aliphatic heterocycles. The van der Waals surface area contributed by atoms with E-state index in [0.717, 1.165) is 17.2 Å². The maximum atomic E-state index is 12.7. The summed E-state index contributed by atoms with van der Waals surface area (Å²) in [6.07, 6.45) is -0.854. The summed E-state index contributed by atoms with van der Waals surface area (Å²) in [5.74, 6) is -0.790. The van der Waals surface area contributed by atoms with Crippen molar-refractivity contribution < 1.29 is 22.7 Å². The van der Waals surface area contributed by atoms with Crippen LogP contribution in [0.1, 0.15) is 28.4 Å². The van der Waals surface area contributed by atoms with E-state index < -0.39 is 22.0 Å². The second-order valence-electron chi connectivity index (χ2n) is 5.85. The Hall–Kier alpha value is -2.78. The molecule has 3 N–H and O–H groups in total. The average Bonchev–Trinajstić information content (AvgIpc) is 2.63. The summed E-state index contributed by atoms with van der Waals surface area (Å²) in [7, 11) is -3.96. The molecule has 0 aliphatic carbocycles. The summed E-state index contributed by atoms with van der Waals surface area (Å²) in [6, 6.07) is 8.84. The van der Waals surface area contributed by atoms with Crippen molar-refractivity contribution in [2.24, 2.45) is 0 Å². The molecular weight excluding hydrogens is 406 g/mol. The second-order valence-corrected chi connectivity index (χ2v) is 7.94. The zero-order valence-electron chi connectivity index (χ0n) is 15.5. The number of anilines is 1. The second kappa shape index (κ2) is 8.94. The molecule has 0 heterocycles. The van der Waals surface area contributed by atoms with Crippen LogP contribution in [0.15, 0.2) is 41.3 Å². The summed E-state index contributed by atoms with van der Waals surface area (Å²) in [6.45, 7) is 5.52. The molecule has 0 aliphatic rings. The zero-order chi connectivity index (χ0) is 20.9. The van der Waals surface area contributed by atoms with E-state index in [1.165, 1.54) is 12.1 Å². The van der Waals surface area contributed by atoms with Gasteiger partial charge in [-0.25, -0.2) is 18.6 Å². The predicted octanol–water partition coefficient (Wildman–Crippen LogP) is 3.15. The van der Waals surface area contributed by atoms with Crippen LogP contribution in [-0.2, 0) is 14.8 Å². The van der Waals surface area contributed by atoms with Crippen LogP contribution in [0.5, 0.6) is 0 Å². The fraction of sp³-hybridized carbons (Fsp3) is 0.222. The highest BCUT2D eigenvalue weighted by Crippen LogP contribution is 2.23. The van der Waals surface area contributed by atoms with Gasteiger partial charge in [0.15, 0.2) is 0 Å². The highest BCUT2D eigenvalue weighted by molar-refractivity contribution is 7.92. The Kier molecular flexibility index (Phi) is 6.87. The first-order valence-corrected chi connectivity index (χ1v) is 10.1. The van der Waals surface area contributed by atoms with Gasteiger partial charge < -0.3 is 4.74 Å². The number of hydrogen-bond acceptors (Lipinski definition) is 5. The largest absolute Gasteiger partial charge is 0.449 e. The lowest BCUT2D eigenvalue weighted by Gasteiger charge is -2.12. The van der Waals surface area contributed by atoms with Crippen LogP contribution in [-0.4, -0.2) is 27.0 Å². The van der Waals surface area contributed by atoms with E-state index in [1.807, 2.05) is 19.3 Å². The van der Waals surface area contributed by atoms with Crippen LogP contribution < -0.4 is 15.6 Å². The molecule has 2 amide bonds. The number of carbonyl (C=O) groups is 2. The number of carbonyl (C=O) groups excluding carboxylic acids is 2. The van der Waals surface area contributed by atoms with Gasteiger partial charge in [-0.05, 0) is 62.2 Å². The first kappa shape index (κ1) is 21.5. The summed E-state index contributed by atoms with van der Waals surface area (Å²) < 4.78 is 32.4. The molecule has 10 heteroatoms. The number of amides is 2. The maximum Gasteiger partial charge on any atom is 0.426 e. The van der Waals surface area contributed by atoms with E-state index in [9.17, 15) is 18.0 Å². The lowest BCUT2D eigenvalue weighted by Crippen LogP contribution is -2.42. The van der Waals surface area contributed by atoms with Crippen molar-refractivity contribution in [1.82, 2.24) is 10.9 Å². The predicted molar refractivity (Wildman–Crippen MR) is 106 cm³/mol. The normalized spacial score (nSPS) is 10.9. The van der Waals surface area contributed by atoms with E-state index in [-0.39, 0.29) is 22.1 Å². The number of sulfonamides is 1. The van der Waals surface area contributed by atoms with Crippen LogP contribution in [0.4, 0.5) is 10.5 Å². The molecule has 0 unspecified atom stereocenters. The molecule has 0 saturated heterocycles. The Labute approximate surface area is 168 Å². The molecule has 150 valence electrons. The SMILES string of the molecule is CCOC(=O)NNC(=O)c1cc(S(=O)(=O)Nc2ccc(C)c(C)c2)ccc1Cl. The van der Waals surface area contributed by atoms with Gasteiger partial charge in [-0.2, -0.15) is 0 Å². The fourth-order valence-corrected chi connectivity index (χ4v) is 3.49. The van der Waals surface area contributed by atoms with E-state index in [1.54, 1.807) is 25.1 Å². The van der Waals surface area contributed by atoms with Gasteiger partial charge in [0.2, 0.25) is 0 Å². The van der Waals surface area contributed by atoms with E-state index in [0.29, 0.717) is 5.69 Å². The molecule has 2 rings (SSSR count). The van der Waals surface area contributed by atoms with Gasteiger partial charge in [-0.3, -0.25) is 14.9 Å². The Morgan fingerprint density at radius 1 is 1.04 bits per heavy atom. The minimum Gasteiger partial charge on any atom is -0.449 e. The van der Waals surface area contributed by atoms with Crippen LogP contribution in [0.3, 0.4) is 0 Å². The van der Waals surface area contributed by atoms with Crippen molar-refractivity contribution in [1.29, 1.82) is 0 Å². The number of aryl methyl sites for hydroxylation is 2. The molecule has 0 bridgehead atoms. The maximum absolute atomic E-state index is 12.7. The molecule has 28 heavy (non-hydrogen) atoms. The summed E-state index contributed by atoms with van der Waals surface area (Å²) >= 11 is 6.00. The zero-order valence-corrected chi connectivity index (χ0v) is 17.1. The average molecular weight is 426 g/mol. The molecule has 2 aromatic carbocycles. The van der Waals surface area contributed by atoms with Gasteiger partial charge >= 0.3 is 6.09 Å². The minimum absolute atomic E-state index is 0.0216. The number of hydrazine groups is 1. The number of nitrogens with one attached hydrogen (secondary N) is 3. The molecule has 2 aromatic rings. The van der Waals surface area contributed by atoms with Crippen molar-refractivity contribution in [3.05, 3.63) is 58.1 Å². The minimum atomic E-state index is -3.96. The standard InChI is InChI=1S/C18H20ClN3O5S/c1-4-27-18(24)21-20-17(23)15-10-14(7-8-16(15)19)28(25,26)22-13-6-5-11(2)12(3)9-13/h5-10,22H,4H2,1-3H3,(H,20,23)(H,21,24). The third-order valence-electron chi connectivity index (χ3n) is 3.81. The summed E-state index contributed by atoms with van der Waals surface area (Å²) in [5.41, 5.74) is 6.37. The number of rotatable bonds is 5. The lowest BCUT2D eigenvalue weighted by molar-refractivity contribution is 0.0912. The molecule has 8 nitrogen and oxygen atoms in total. The summed E-state index contributed by atoms with van der Waals surface area (Å²) in [4.78, 5) is 23.3. The van der Waals surface area contributed by atoms with Crippen molar-refractivity contribution in [3.63, 3.8) is 0 Å². The van der Waals surface area contributed by atoms with Gasteiger partial charge in [0, 0.05) is 5.69 Å². The van der Waals surface area contributed by atoms with Crippen molar-refractivity contribution in [2.75, 3.05) is 11.3 Å². The first-order chi connectivity index (χ1) is 13.1. The Bertz CT molecular complexity index is 1010. The number of halogens is 1. The van der Waals surface area contributed by atoms with Crippen molar-refractivity contribution in [3.8, 4) is 0 Å². The Balaban J connectivity index is 2.23. The number of hydrogen-bond donors (Lipinski definition) is 3. The Morgan fingerprint density at radius 2 is 1.75 bits per heavy atom. The van der Waals surface area contributed by atoms with E-state index in [2.05, 4.69) is 14.9 Å². The molecule has 0 radical (unpaired) electrons. The van der Waals surface area contributed by atoms with Crippen LogP contribution in [0.25, 0.3) is 0 Å².